The van der Waals surface area contributed by atoms with Crippen LogP contribution in [0.1, 0.15) is 10.4 Å². The number of fused-ring (bicyclic) bond motifs is 1. The zero-order valence-electron chi connectivity index (χ0n) is 10.6. The number of ether oxygens (including phenoxy) is 1. The molecule has 7 heteroatoms. The van der Waals surface area contributed by atoms with Crippen molar-refractivity contribution >= 4 is 29.9 Å². The summed E-state index contributed by atoms with van der Waals surface area (Å²) < 4.78 is 19.0. The second-order valence-electron chi connectivity index (χ2n) is 4.73. The van der Waals surface area contributed by atoms with Crippen molar-refractivity contribution in [2.75, 3.05) is 26.2 Å². The zero-order valence-corrected chi connectivity index (χ0v) is 12.2. The summed E-state index contributed by atoms with van der Waals surface area (Å²) in [5.41, 5.74) is 0.217. The molecule has 110 valence electrons. The molecule has 0 radical (unpaired) electrons. The molecule has 3 rings (SSSR count). The van der Waals surface area contributed by atoms with Crippen LogP contribution in [0.3, 0.4) is 0 Å². The lowest BCUT2D eigenvalue weighted by molar-refractivity contribution is -0.0364. The SMILES string of the molecule is Cl.O=C(c1cccc(F)c1Cl)N1CCO[C@H]2CNC[C@H]21. The van der Waals surface area contributed by atoms with Gasteiger partial charge in [0, 0.05) is 19.6 Å². The lowest BCUT2D eigenvalue weighted by Gasteiger charge is -2.37. The molecule has 1 aromatic rings. The van der Waals surface area contributed by atoms with Gasteiger partial charge in [-0.1, -0.05) is 17.7 Å². The third kappa shape index (κ3) is 2.63. The van der Waals surface area contributed by atoms with Crippen LogP contribution >= 0.6 is 24.0 Å². The number of rotatable bonds is 1. The quantitative estimate of drug-likeness (QED) is 0.856. The molecule has 2 saturated heterocycles. The molecule has 1 N–H and O–H groups in total. The molecular formula is C13H15Cl2FN2O2. The summed E-state index contributed by atoms with van der Waals surface area (Å²) in [6.07, 6.45) is 0.0186. The highest BCUT2D eigenvalue weighted by atomic mass is 35.5. The van der Waals surface area contributed by atoms with Gasteiger partial charge in [-0.15, -0.1) is 12.4 Å². The smallest absolute Gasteiger partial charge is 0.255 e. The number of amides is 1. The van der Waals surface area contributed by atoms with E-state index in [-0.39, 0.29) is 41.0 Å². The summed E-state index contributed by atoms with van der Waals surface area (Å²) >= 11 is 5.88. The molecule has 2 aliphatic heterocycles. The Bertz CT molecular complexity index is 515. The zero-order chi connectivity index (χ0) is 13.4. The van der Waals surface area contributed by atoms with E-state index in [1.807, 2.05) is 0 Å². The lowest BCUT2D eigenvalue weighted by atomic mass is 10.1. The minimum Gasteiger partial charge on any atom is -0.373 e. The normalized spacial score (nSPS) is 25.0. The molecule has 20 heavy (non-hydrogen) atoms. The molecule has 2 aliphatic rings. The van der Waals surface area contributed by atoms with Gasteiger partial charge in [0.2, 0.25) is 0 Å². The number of hydrogen-bond donors (Lipinski definition) is 1. The van der Waals surface area contributed by atoms with Crippen LogP contribution in [0.4, 0.5) is 4.39 Å². The predicted molar refractivity (Wildman–Crippen MR) is 76.1 cm³/mol. The molecule has 2 atom stereocenters. The van der Waals surface area contributed by atoms with E-state index in [4.69, 9.17) is 16.3 Å². The van der Waals surface area contributed by atoms with E-state index in [1.165, 1.54) is 12.1 Å². The minimum atomic E-state index is -0.568. The van der Waals surface area contributed by atoms with Gasteiger partial charge in [-0.05, 0) is 12.1 Å². The van der Waals surface area contributed by atoms with E-state index >= 15 is 0 Å². The average molecular weight is 321 g/mol. The number of nitrogens with one attached hydrogen (secondary N) is 1. The van der Waals surface area contributed by atoms with E-state index in [0.717, 1.165) is 6.54 Å². The van der Waals surface area contributed by atoms with Crippen LogP contribution < -0.4 is 5.32 Å². The van der Waals surface area contributed by atoms with Gasteiger partial charge in [0.05, 0.1) is 29.3 Å². The monoisotopic (exact) mass is 320 g/mol. The van der Waals surface area contributed by atoms with E-state index < -0.39 is 5.82 Å². The topological polar surface area (TPSA) is 41.6 Å². The number of nitrogens with zero attached hydrogens (tertiary/aromatic N) is 1. The average Bonchev–Trinajstić information content (AvgIpc) is 2.89. The van der Waals surface area contributed by atoms with Gasteiger partial charge in [0.15, 0.2) is 0 Å². The highest BCUT2D eigenvalue weighted by Gasteiger charge is 2.39. The number of carbonyl (C=O) groups is 1. The molecule has 2 fully saturated rings. The summed E-state index contributed by atoms with van der Waals surface area (Å²) in [5.74, 6) is -0.798. The highest BCUT2D eigenvalue weighted by molar-refractivity contribution is 6.34. The van der Waals surface area contributed by atoms with Crippen LogP contribution in [-0.2, 0) is 4.74 Å². The molecule has 0 spiro atoms. The van der Waals surface area contributed by atoms with Crippen LogP contribution in [0.5, 0.6) is 0 Å². The summed E-state index contributed by atoms with van der Waals surface area (Å²) in [4.78, 5) is 14.2. The first-order chi connectivity index (χ1) is 9.18. The van der Waals surface area contributed by atoms with Crippen LogP contribution in [0.2, 0.25) is 5.02 Å². The van der Waals surface area contributed by atoms with E-state index in [2.05, 4.69) is 5.32 Å². The first kappa shape index (κ1) is 15.5. The summed E-state index contributed by atoms with van der Waals surface area (Å²) in [6, 6.07) is 4.30. The van der Waals surface area contributed by atoms with Crippen LogP contribution in [0.15, 0.2) is 18.2 Å². The van der Waals surface area contributed by atoms with Crippen molar-refractivity contribution in [3.05, 3.63) is 34.6 Å². The van der Waals surface area contributed by atoms with Crippen molar-refractivity contribution in [2.45, 2.75) is 12.1 Å². The predicted octanol–water partition coefficient (Wildman–Crippen LogP) is 1.71. The van der Waals surface area contributed by atoms with Crippen molar-refractivity contribution in [1.29, 1.82) is 0 Å². The number of morpholine rings is 1. The van der Waals surface area contributed by atoms with Gasteiger partial charge in [-0.2, -0.15) is 0 Å². The Morgan fingerprint density at radius 3 is 3.05 bits per heavy atom. The fourth-order valence-electron chi connectivity index (χ4n) is 2.67. The van der Waals surface area contributed by atoms with Gasteiger partial charge in [-0.25, -0.2) is 4.39 Å². The standard InChI is InChI=1S/C13H14ClFN2O2.ClH/c14-12-8(2-1-3-9(12)15)13(18)17-4-5-19-11-7-16-6-10(11)17;/h1-3,10-11,16H,4-7H2;1H/t10-,11+;/m1./s1. The molecule has 2 heterocycles. The Kier molecular flexibility index (Phi) is 4.86. The number of benzene rings is 1. The summed E-state index contributed by atoms with van der Waals surface area (Å²) in [7, 11) is 0. The van der Waals surface area contributed by atoms with Gasteiger partial charge in [0.1, 0.15) is 5.82 Å². The van der Waals surface area contributed by atoms with E-state index in [9.17, 15) is 9.18 Å². The van der Waals surface area contributed by atoms with Crippen molar-refractivity contribution in [3.63, 3.8) is 0 Å². The van der Waals surface area contributed by atoms with Gasteiger partial charge < -0.3 is 15.0 Å². The molecule has 0 aliphatic carbocycles. The Labute approximate surface area is 127 Å². The van der Waals surface area contributed by atoms with Gasteiger partial charge in [0.25, 0.3) is 5.91 Å². The maximum absolute atomic E-state index is 13.4. The molecule has 4 nitrogen and oxygen atoms in total. The fraction of sp³-hybridized carbons (Fsp3) is 0.462. The molecule has 0 unspecified atom stereocenters. The molecule has 0 saturated carbocycles. The molecular weight excluding hydrogens is 306 g/mol. The Hall–Kier alpha value is -0.880. The minimum absolute atomic E-state index is 0. The third-order valence-corrected chi connectivity index (χ3v) is 4.02. The first-order valence-corrected chi connectivity index (χ1v) is 6.63. The summed E-state index contributed by atoms with van der Waals surface area (Å²) in [6.45, 7) is 2.45. The van der Waals surface area contributed by atoms with Crippen LogP contribution in [0, 0.1) is 5.82 Å². The maximum Gasteiger partial charge on any atom is 0.255 e. The van der Waals surface area contributed by atoms with E-state index in [0.29, 0.717) is 19.7 Å². The van der Waals surface area contributed by atoms with Crippen molar-refractivity contribution in [1.82, 2.24) is 10.2 Å². The largest absolute Gasteiger partial charge is 0.373 e. The van der Waals surface area contributed by atoms with Crippen LogP contribution in [0.25, 0.3) is 0 Å². The molecule has 0 aromatic heterocycles. The first-order valence-electron chi connectivity index (χ1n) is 6.26. The number of hydrogen-bond acceptors (Lipinski definition) is 3. The van der Waals surface area contributed by atoms with Crippen molar-refractivity contribution in [3.8, 4) is 0 Å². The Morgan fingerprint density at radius 1 is 1.45 bits per heavy atom. The van der Waals surface area contributed by atoms with Gasteiger partial charge in [-0.3, -0.25) is 4.79 Å². The van der Waals surface area contributed by atoms with Gasteiger partial charge >= 0.3 is 0 Å². The molecule has 1 aromatic carbocycles. The number of halogens is 3. The van der Waals surface area contributed by atoms with Crippen LogP contribution in [-0.4, -0.2) is 49.2 Å². The lowest BCUT2D eigenvalue weighted by Crippen LogP contribution is -2.53. The maximum atomic E-state index is 13.4. The third-order valence-electron chi connectivity index (χ3n) is 3.64. The van der Waals surface area contributed by atoms with Crippen molar-refractivity contribution < 1.29 is 13.9 Å². The number of carbonyl (C=O) groups excluding carboxylic acids is 1. The second-order valence-corrected chi connectivity index (χ2v) is 5.11. The second kappa shape index (κ2) is 6.26. The highest BCUT2D eigenvalue weighted by Crippen LogP contribution is 2.25. The van der Waals surface area contributed by atoms with Crippen molar-refractivity contribution in [2.24, 2.45) is 0 Å². The van der Waals surface area contributed by atoms with E-state index in [1.54, 1.807) is 11.0 Å². The molecule has 1 amide bonds. The fourth-order valence-corrected chi connectivity index (χ4v) is 2.87. The Balaban J connectivity index is 0.00000147. The Morgan fingerprint density at radius 2 is 2.25 bits per heavy atom. The molecule has 0 bridgehead atoms. The summed E-state index contributed by atoms with van der Waals surface area (Å²) in [5, 5.41) is 3.09.